The Labute approximate surface area is 97.6 Å². The molecule has 2 aromatic rings. The van der Waals surface area contributed by atoms with Gasteiger partial charge in [-0.3, -0.25) is 10.1 Å². The van der Waals surface area contributed by atoms with Crippen LogP contribution in [-0.4, -0.2) is 14.9 Å². The summed E-state index contributed by atoms with van der Waals surface area (Å²) in [7, 11) is 0. The number of nitro benzene ring substituents is 1. The maximum Gasteiger partial charge on any atom is 0.271 e. The fourth-order valence-electron chi connectivity index (χ4n) is 1.61. The number of anilines is 1. The van der Waals surface area contributed by atoms with Gasteiger partial charge >= 0.3 is 0 Å². The van der Waals surface area contributed by atoms with Crippen molar-refractivity contribution in [2.45, 2.75) is 12.8 Å². The number of nitrogen functional groups attached to an aromatic ring is 1. The fourth-order valence-corrected chi connectivity index (χ4v) is 1.61. The molecule has 6 heteroatoms. The Kier molecular flexibility index (Phi) is 3.04. The summed E-state index contributed by atoms with van der Waals surface area (Å²) >= 11 is 0. The lowest BCUT2D eigenvalue weighted by atomic mass is 10.1. The van der Waals surface area contributed by atoms with Crippen molar-refractivity contribution in [2.75, 3.05) is 5.73 Å². The number of nitrogens with two attached hydrogens (primary N) is 1. The third kappa shape index (κ3) is 2.60. The predicted octanol–water partition coefficient (Wildman–Crippen LogP) is 1.69. The second kappa shape index (κ2) is 4.65. The molecule has 1 heterocycles. The number of aromatic nitrogens is 2. The molecule has 1 aromatic carbocycles. The SMILES string of the molecule is Nc1cc([N+](=O)[O-])ccc1CCc1c[nH]cn1. The van der Waals surface area contributed by atoms with Crippen LogP contribution >= 0.6 is 0 Å². The lowest BCUT2D eigenvalue weighted by Crippen LogP contribution is -1.99. The van der Waals surface area contributed by atoms with Crippen molar-refractivity contribution in [3.8, 4) is 0 Å². The minimum absolute atomic E-state index is 0.0195. The van der Waals surface area contributed by atoms with Gasteiger partial charge in [0.15, 0.2) is 0 Å². The minimum Gasteiger partial charge on any atom is -0.398 e. The highest BCUT2D eigenvalue weighted by Gasteiger charge is 2.08. The Morgan fingerprint density at radius 1 is 1.41 bits per heavy atom. The number of nitrogens with zero attached hydrogens (tertiary/aromatic N) is 2. The molecular weight excluding hydrogens is 220 g/mol. The lowest BCUT2D eigenvalue weighted by molar-refractivity contribution is -0.384. The molecule has 0 aliphatic carbocycles. The van der Waals surface area contributed by atoms with Gasteiger partial charge in [0.05, 0.1) is 16.9 Å². The molecule has 0 saturated heterocycles. The van der Waals surface area contributed by atoms with Crippen LogP contribution < -0.4 is 5.73 Å². The van der Waals surface area contributed by atoms with Gasteiger partial charge in [0.1, 0.15) is 0 Å². The Balaban J connectivity index is 2.09. The van der Waals surface area contributed by atoms with E-state index in [4.69, 9.17) is 5.73 Å². The molecule has 0 spiro atoms. The van der Waals surface area contributed by atoms with Gasteiger partial charge in [-0.15, -0.1) is 0 Å². The number of hydrogen-bond acceptors (Lipinski definition) is 4. The van der Waals surface area contributed by atoms with Crippen LogP contribution in [0.5, 0.6) is 0 Å². The van der Waals surface area contributed by atoms with E-state index >= 15 is 0 Å². The average molecular weight is 232 g/mol. The van der Waals surface area contributed by atoms with Crippen molar-refractivity contribution >= 4 is 11.4 Å². The van der Waals surface area contributed by atoms with E-state index in [1.165, 1.54) is 12.1 Å². The quantitative estimate of drug-likeness (QED) is 0.476. The van der Waals surface area contributed by atoms with Gasteiger partial charge in [-0.25, -0.2) is 4.98 Å². The molecule has 88 valence electrons. The number of aryl methyl sites for hydroxylation is 2. The third-order valence-corrected chi connectivity index (χ3v) is 2.55. The first kappa shape index (κ1) is 11.1. The Hall–Kier alpha value is -2.37. The van der Waals surface area contributed by atoms with E-state index in [0.29, 0.717) is 12.1 Å². The van der Waals surface area contributed by atoms with E-state index in [1.54, 1.807) is 12.4 Å². The van der Waals surface area contributed by atoms with Gasteiger partial charge in [-0.1, -0.05) is 6.07 Å². The molecule has 0 amide bonds. The average Bonchev–Trinajstić information content (AvgIpc) is 2.80. The van der Waals surface area contributed by atoms with E-state index in [2.05, 4.69) is 9.97 Å². The first-order valence-corrected chi connectivity index (χ1v) is 5.17. The maximum absolute atomic E-state index is 10.5. The lowest BCUT2D eigenvalue weighted by Gasteiger charge is -2.04. The zero-order chi connectivity index (χ0) is 12.3. The van der Waals surface area contributed by atoms with E-state index in [9.17, 15) is 10.1 Å². The molecule has 3 N–H and O–H groups in total. The second-order valence-electron chi connectivity index (χ2n) is 3.70. The number of nitrogens with one attached hydrogen (secondary N) is 1. The molecule has 0 bridgehead atoms. The molecule has 1 aromatic heterocycles. The molecule has 0 aliphatic rings. The van der Waals surface area contributed by atoms with Gasteiger partial charge in [-0.2, -0.15) is 0 Å². The molecule has 6 nitrogen and oxygen atoms in total. The normalized spacial score (nSPS) is 10.4. The molecule has 0 radical (unpaired) electrons. The number of benzene rings is 1. The van der Waals surface area contributed by atoms with Crippen LogP contribution in [0.25, 0.3) is 0 Å². The van der Waals surface area contributed by atoms with E-state index < -0.39 is 4.92 Å². The standard InChI is InChI=1S/C11H12N4O2/c12-11-5-10(15(16)17)4-2-8(11)1-3-9-6-13-7-14-9/h2,4-7H,1,3,12H2,(H,13,14). The minimum atomic E-state index is -0.451. The van der Waals surface area contributed by atoms with Crippen molar-refractivity contribution in [1.29, 1.82) is 0 Å². The third-order valence-electron chi connectivity index (χ3n) is 2.55. The molecule has 0 fully saturated rings. The number of aromatic amines is 1. The zero-order valence-electron chi connectivity index (χ0n) is 9.09. The summed E-state index contributed by atoms with van der Waals surface area (Å²) in [5.74, 6) is 0. The van der Waals surface area contributed by atoms with Gasteiger partial charge < -0.3 is 10.7 Å². The number of hydrogen-bond donors (Lipinski definition) is 2. The highest BCUT2D eigenvalue weighted by atomic mass is 16.6. The maximum atomic E-state index is 10.5. The summed E-state index contributed by atoms with van der Waals surface area (Å²) < 4.78 is 0. The van der Waals surface area contributed by atoms with Gasteiger partial charge in [-0.05, 0) is 18.4 Å². The Morgan fingerprint density at radius 3 is 2.82 bits per heavy atom. The van der Waals surface area contributed by atoms with Crippen LogP contribution in [0.2, 0.25) is 0 Å². The molecule has 0 unspecified atom stereocenters. The van der Waals surface area contributed by atoms with Crippen molar-refractivity contribution in [3.63, 3.8) is 0 Å². The zero-order valence-corrected chi connectivity index (χ0v) is 9.09. The van der Waals surface area contributed by atoms with Gasteiger partial charge in [0, 0.05) is 24.0 Å². The molecule has 0 aliphatic heterocycles. The second-order valence-corrected chi connectivity index (χ2v) is 3.70. The molecular formula is C11H12N4O2. The molecule has 0 atom stereocenters. The highest BCUT2D eigenvalue weighted by Crippen LogP contribution is 2.20. The summed E-state index contributed by atoms with van der Waals surface area (Å²) in [6.45, 7) is 0. The summed E-state index contributed by atoms with van der Waals surface area (Å²) in [6.07, 6.45) is 4.91. The first-order valence-electron chi connectivity index (χ1n) is 5.17. The van der Waals surface area contributed by atoms with Crippen LogP contribution in [0.4, 0.5) is 11.4 Å². The summed E-state index contributed by atoms with van der Waals surface area (Å²) in [4.78, 5) is 17.1. The number of imidazole rings is 1. The number of rotatable bonds is 4. The Bertz CT molecular complexity index is 522. The molecule has 17 heavy (non-hydrogen) atoms. The van der Waals surface area contributed by atoms with E-state index in [1.807, 2.05) is 6.20 Å². The number of non-ortho nitro benzene ring substituents is 1. The van der Waals surface area contributed by atoms with E-state index in [-0.39, 0.29) is 5.69 Å². The van der Waals surface area contributed by atoms with Gasteiger partial charge in [0.2, 0.25) is 0 Å². The van der Waals surface area contributed by atoms with E-state index in [0.717, 1.165) is 17.7 Å². The molecule has 2 rings (SSSR count). The first-order chi connectivity index (χ1) is 8.16. The monoisotopic (exact) mass is 232 g/mol. The van der Waals surface area contributed by atoms with Crippen molar-refractivity contribution in [3.05, 3.63) is 52.1 Å². The number of nitro groups is 1. The highest BCUT2D eigenvalue weighted by molar-refractivity contribution is 5.54. The summed E-state index contributed by atoms with van der Waals surface area (Å²) in [6, 6.07) is 4.55. The summed E-state index contributed by atoms with van der Waals surface area (Å²) in [5, 5.41) is 10.5. The molecule has 0 saturated carbocycles. The smallest absolute Gasteiger partial charge is 0.271 e. The van der Waals surface area contributed by atoms with Crippen LogP contribution in [0.3, 0.4) is 0 Å². The topological polar surface area (TPSA) is 97.8 Å². The fraction of sp³-hybridized carbons (Fsp3) is 0.182. The van der Waals surface area contributed by atoms with Crippen molar-refractivity contribution < 1.29 is 4.92 Å². The van der Waals surface area contributed by atoms with Crippen LogP contribution in [0, 0.1) is 10.1 Å². The van der Waals surface area contributed by atoms with Crippen molar-refractivity contribution in [1.82, 2.24) is 9.97 Å². The van der Waals surface area contributed by atoms with Crippen LogP contribution in [-0.2, 0) is 12.8 Å². The summed E-state index contributed by atoms with van der Waals surface area (Å²) in [5.41, 5.74) is 8.09. The van der Waals surface area contributed by atoms with Crippen LogP contribution in [0.1, 0.15) is 11.3 Å². The van der Waals surface area contributed by atoms with Crippen LogP contribution in [0.15, 0.2) is 30.7 Å². The largest absolute Gasteiger partial charge is 0.398 e. The van der Waals surface area contributed by atoms with Gasteiger partial charge in [0.25, 0.3) is 5.69 Å². The number of H-pyrrole nitrogens is 1. The predicted molar refractivity (Wildman–Crippen MR) is 63.5 cm³/mol. The Morgan fingerprint density at radius 2 is 2.24 bits per heavy atom. The van der Waals surface area contributed by atoms with Crippen molar-refractivity contribution in [2.24, 2.45) is 0 Å².